The smallest absolute Gasteiger partial charge is 0.270 e. The summed E-state index contributed by atoms with van der Waals surface area (Å²) >= 11 is 4.21. The van der Waals surface area contributed by atoms with Gasteiger partial charge in [-0.15, -0.1) is 12.6 Å². The number of carbonyl (C=O) groups excluding carboxylic acids is 1. The second kappa shape index (κ2) is 6.78. The fourth-order valence-corrected chi connectivity index (χ4v) is 2.61. The van der Waals surface area contributed by atoms with Gasteiger partial charge in [-0.2, -0.15) is 0 Å². The Kier molecular flexibility index (Phi) is 4.53. The molecule has 1 amide bonds. The van der Waals surface area contributed by atoms with Crippen LogP contribution in [0.3, 0.4) is 0 Å². The van der Waals surface area contributed by atoms with Crippen LogP contribution in [0.4, 0.5) is 11.4 Å². The first-order chi connectivity index (χ1) is 12.0. The summed E-state index contributed by atoms with van der Waals surface area (Å²) in [6, 6.07) is 10.9. The van der Waals surface area contributed by atoms with Crippen molar-refractivity contribution in [1.29, 1.82) is 0 Å². The van der Waals surface area contributed by atoms with Gasteiger partial charge in [0, 0.05) is 28.6 Å². The van der Waals surface area contributed by atoms with Crippen LogP contribution < -0.4 is 10.1 Å². The number of methoxy groups -OCH3 is 1. The van der Waals surface area contributed by atoms with Crippen LogP contribution >= 0.6 is 12.6 Å². The Morgan fingerprint density at radius 1 is 1.24 bits per heavy atom. The van der Waals surface area contributed by atoms with E-state index >= 15 is 0 Å². The van der Waals surface area contributed by atoms with Gasteiger partial charge >= 0.3 is 0 Å². The van der Waals surface area contributed by atoms with Gasteiger partial charge in [0.1, 0.15) is 5.75 Å². The monoisotopic (exact) mass is 355 g/mol. The van der Waals surface area contributed by atoms with Gasteiger partial charge in [-0.3, -0.25) is 19.9 Å². The van der Waals surface area contributed by atoms with E-state index < -0.39 is 10.8 Å². The number of carbonyl (C=O) groups is 1. The molecule has 3 rings (SSSR count). The molecule has 0 atom stereocenters. The maximum Gasteiger partial charge on any atom is 0.270 e. The van der Waals surface area contributed by atoms with Crippen molar-refractivity contribution in [3.05, 3.63) is 64.3 Å². The molecule has 1 aromatic heterocycles. The fourth-order valence-electron chi connectivity index (χ4n) is 2.37. The number of hydrogen-bond acceptors (Lipinski definition) is 6. The highest BCUT2D eigenvalue weighted by atomic mass is 32.1. The lowest BCUT2D eigenvalue weighted by atomic mass is 10.1. The molecule has 1 heterocycles. The van der Waals surface area contributed by atoms with Crippen LogP contribution in [0.25, 0.3) is 10.9 Å². The third-order valence-electron chi connectivity index (χ3n) is 3.63. The fraction of sp³-hybridized carbons (Fsp3) is 0.0588. The van der Waals surface area contributed by atoms with E-state index in [-0.39, 0.29) is 11.3 Å². The van der Waals surface area contributed by atoms with E-state index in [9.17, 15) is 14.9 Å². The average molecular weight is 355 g/mol. The Bertz CT molecular complexity index is 991. The van der Waals surface area contributed by atoms with Crippen LogP contribution in [0.5, 0.6) is 5.75 Å². The van der Waals surface area contributed by atoms with Gasteiger partial charge in [0.25, 0.3) is 11.6 Å². The van der Waals surface area contributed by atoms with Crippen molar-refractivity contribution in [1.82, 2.24) is 4.98 Å². The van der Waals surface area contributed by atoms with Crippen LogP contribution in [0.2, 0.25) is 0 Å². The third-order valence-corrected chi connectivity index (χ3v) is 4.02. The molecule has 0 aliphatic heterocycles. The minimum atomic E-state index is -0.559. The SMILES string of the molecule is COc1ccc2nccc(NC(=O)c3cc([N+](=O)[O-])ccc3S)c2c1. The zero-order valence-corrected chi connectivity index (χ0v) is 14.0. The molecule has 0 radical (unpaired) electrons. The molecule has 8 heteroatoms. The van der Waals surface area contributed by atoms with Gasteiger partial charge in [0.05, 0.1) is 28.8 Å². The van der Waals surface area contributed by atoms with E-state index in [4.69, 9.17) is 4.74 Å². The summed E-state index contributed by atoms with van der Waals surface area (Å²) in [5.74, 6) is 0.130. The molecule has 25 heavy (non-hydrogen) atoms. The number of non-ortho nitro benzene ring substituents is 1. The van der Waals surface area contributed by atoms with Crippen molar-refractivity contribution in [2.45, 2.75) is 4.90 Å². The van der Waals surface area contributed by atoms with Crippen molar-refractivity contribution in [3.8, 4) is 5.75 Å². The van der Waals surface area contributed by atoms with Crippen LogP contribution in [0.1, 0.15) is 10.4 Å². The zero-order valence-electron chi connectivity index (χ0n) is 13.1. The van der Waals surface area contributed by atoms with E-state index in [0.717, 1.165) is 0 Å². The number of nitro benzene ring substituents is 1. The molecule has 1 N–H and O–H groups in total. The molecule has 0 saturated carbocycles. The number of thiol groups is 1. The lowest BCUT2D eigenvalue weighted by Crippen LogP contribution is -2.13. The number of anilines is 1. The van der Waals surface area contributed by atoms with Gasteiger partial charge < -0.3 is 10.1 Å². The van der Waals surface area contributed by atoms with Gasteiger partial charge in [-0.1, -0.05) is 0 Å². The predicted octanol–water partition coefficient (Wildman–Crippen LogP) is 3.69. The van der Waals surface area contributed by atoms with Crippen molar-refractivity contribution < 1.29 is 14.5 Å². The number of ether oxygens (including phenoxy) is 1. The van der Waals surface area contributed by atoms with Crippen molar-refractivity contribution in [2.75, 3.05) is 12.4 Å². The molecule has 126 valence electrons. The first-order valence-corrected chi connectivity index (χ1v) is 7.66. The Labute approximate surface area is 148 Å². The summed E-state index contributed by atoms with van der Waals surface area (Å²) in [6.07, 6.45) is 1.57. The number of nitrogens with one attached hydrogen (secondary N) is 1. The van der Waals surface area contributed by atoms with Crippen LogP contribution in [-0.2, 0) is 0 Å². The number of aromatic nitrogens is 1. The molecule has 7 nitrogen and oxygen atoms in total. The van der Waals surface area contributed by atoms with Crippen LogP contribution in [0, 0.1) is 10.1 Å². The van der Waals surface area contributed by atoms with Crippen molar-refractivity contribution in [3.63, 3.8) is 0 Å². The number of rotatable bonds is 4. The molecule has 2 aromatic carbocycles. The van der Waals surface area contributed by atoms with E-state index in [0.29, 0.717) is 27.2 Å². The molecule has 0 bridgehead atoms. The van der Waals surface area contributed by atoms with E-state index in [1.54, 1.807) is 37.6 Å². The molecular weight excluding hydrogens is 342 g/mol. The minimum absolute atomic E-state index is 0.116. The van der Waals surface area contributed by atoms with Crippen LogP contribution in [0.15, 0.2) is 53.6 Å². The number of nitro groups is 1. The predicted molar refractivity (Wildman–Crippen MR) is 96.6 cm³/mol. The highest BCUT2D eigenvalue weighted by Crippen LogP contribution is 2.27. The maximum absolute atomic E-state index is 12.6. The Morgan fingerprint density at radius 3 is 2.76 bits per heavy atom. The average Bonchev–Trinajstić information content (AvgIpc) is 2.61. The summed E-state index contributed by atoms with van der Waals surface area (Å²) in [4.78, 5) is 27.5. The minimum Gasteiger partial charge on any atom is -0.497 e. The number of benzene rings is 2. The molecule has 0 aliphatic rings. The summed E-state index contributed by atoms with van der Waals surface area (Å²) in [5.41, 5.74) is 1.14. The van der Waals surface area contributed by atoms with E-state index in [1.807, 2.05) is 0 Å². The number of pyridine rings is 1. The second-order valence-electron chi connectivity index (χ2n) is 5.15. The normalized spacial score (nSPS) is 10.5. The molecular formula is C17H13N3O4S. The number of nitrogens with zero attached hydrogens (tertiary/aromatic N) is 2. The van der Waals surface area contributed by atoms with E-state index in [2.05, 4.69) is 22.9 Å². The van der Waals surface area contributed by atoms with E-state index in [1.165, 1.54) is 18.2 Å². The topological polar surface area (TPSA) is 94.4 Å². The molecule has 3 aromatic rings. The number of hydrogen-bond donors (Lipinski definition) is 2. The highest BCUT2D eigenvalue weighted by molar-refractivity contribution is 7.80. The first-order valence-electron chi connectivity index (χ1n) is 7.21. The molecule has 0 aliphatic carbocycles. The zero-order chi connectivity index (χ0) is 18.0. The van der Waals surface area contributed by atoms with Gasteiger partial charge in [0.2, 0.25) is 0 Å². The Balaban J connectivity index is 2.00. The lowest BCUT2D eigenvalue weighted by Gasteiger charge is -2.10. The van der Waals surface area contributed by atoms with Gasteiger partial charge in [-0.05, 0) is 30.3 Å². The largest absolute Gasteiger partial charge is 0.497 e. The van der Waals surface area contributed by atoms with Gasteiger partial charge in [-0.25, -0.2) is 0 Å². The number of fused-ring (bicyclic) bond motifs is 1. The summed E-state index contributed by atoms with van der Waals surface area (Å²) in [5, 5.41) is 14.4. The maximum atomic E-state index is 12.6. The Morgan fingerprint density at radius 2 is 2.04 bits per heavy atom. The van der Waals surface area contributed by atoms with Crippen LogP contribution in [-0.4, -0.2) is 22.9 Å². The molecule has 0 saturated heterocycles. The van der Waals surface area contributed by atoms with Crippen molar-refractivity contribution >= 4 is 40.8 Å². The molecule has 0 spiro atoms. The summed E-state index contributed by atoms with van der Waals surface area (Å²) < 4.78 is 5.20. The third kappa shape index (κ3) is 3.38. The lowest BCUT2D eigenvalue weighted by molar-refractivity contribution is -0.384. The second-order valence-corrected chi connectivity index (χ2v) is 5.64. The van der Waals surface area contributed by atoms with Gasteiger partial charge in [0.15, 0.2) is 0 Å². The highest BCUT2D eigenvalue weighted by Gasteiger charge is 2.16. The first kappa shape index (κ1) is 16.7. The number of amides is 1. The summed E-state index contributed by atoms with van der Waals surface area (Å²) in [7, 11) is 1.55. The molecule has 0 unspecified atom stereocenters. The summed E-state index contributed by atoms with van der Waals surface area (Å²) in [6.45, 7) is 0. The quantitative estimate of drug-likeness (QED) is 0.423. The standard InChI is InChI=1S/C17H13N3O4S/c1-24-11-3-4-14-12(9-11)15(6-7-18-14)19-17(21)13-8-10(20(22)23)2-5-16(13)25/h2-9,25H,1H3,(H,18,19,21). The van der Waals surface area contributed by atoms with Crippen molar-refractivity contribution in [2.24, 2.45) is 0 Å². The molecule has 0 fully saturated rings. The Hall–Kier alpha value is -3.13.